The number of anilines is 1. The van der Waals surface area contributed by atoms with Crippen molar-refractivity contribution in [1.29, 1.82) is 0 Å². The van der Waals surface area contributed by atoms with E-state index in [9.17, 15) is 4.79 Å². The summed E-state index contributed by atoms with van der Waals surface area (Å²) in [6.07, 6.45) is 6.37. The highest BCUT2D eigenvalue weighted by molar-refractivity contribution is 6.32. The number of halogens is 1. The van der Waals surface area contributed by atoms with E-state index in [1.165, 1.54) is 11.1 Å². The van der Waals surface area contributed by atoms with Gasteiger partial charge in [0.15, 0.2) is 0 Å². The van der Waals surface area contributed by atoms with Crippen molar-refractivity contribution in [3.8, 4) is 0 Å². The number of hydrogen-bond acceptors (Lipinski definition) is 4. The second-order valence-corrected chi connectivity index (χ2v) is 5.08. The van der Waals surface area contributed by atoms with E-state index in [2.05, 4.69) is 10.4 Å². The van der Waals surface area contributed by atoms with E-state index in [0.717, 1.165) is 32.4 Å². The predicted molar refractivity (Wildman–Crippen MR) is 75.9 cm³/mol. The Balaban J connectivity index is 1.89. The summed E-state index contributed by atoms with van der Waals surface area (Å²) in [4.78, 5) is 11.8. The summed E-state index contributed by atoms with van der Waals surface area (Å²) in [5.41, 5.74) is 0.357. The summed E-state index contributed by atoms with van der Waals surface area (Å²) in [6, 6.07) is 0. The molecule has 0 aromatic carbocycles. The number of aryl methyl sites for hydroxylation is 1. The Hall–Kier alpha value is -1.07. The van der Waals surface area contributed by atoms with Crippen LogP contribution < -0.4 is 10.9 Å². The fraction of sp³-hybridized carbons (Fsp3) is 0.692. The van der Waals surface area contributed by atoms with Gasteiger partial charge >= 0.3 is 0 Å². The van der Waals surface area contributed by atoms with Gasteiger partial charge in [0.05, 0.1) is 18.0 Å². The summed E-state index contributed by atoms with van der Waals surface area (Å²) in [5, 5.41) is 7.42. The number of nitrogens with one attached hydrogen (secondary N) is 1. The average Bonchev–Trinajstić information content (AvgIpc) is 2.45. The zero-order chi connectivity index (χ0) is 13.7. The lowest BCUT2D eigenvalue weighted by molar-refractivity contribution is 0.0134. The summed E-state index contributed by atoms with van der Waals surface area (Å²) in [6.45, 7) is 3.98. The van der Waals surface area contributed by atoms with Gasteiger partial charge in [-0.3, -0.25) is 4.79 Å². The quantitative estimate of drug-likeness (QED) is 0.902. The van der Waals surface area contributed by atoms with Crippen LogP contribution in [0.1, 0.15) is 32.6 Å². The Kier molecular flexibility index (Phi) is 5.22. The molecule has 1 saturated heterocycles. The highest BCUT2D eigenvalue weighted by Gasteiger charge is 2.14. The molecule has 0 bridgehead atoms. The Bertz CT molecular complexity index is 469. The molecule has 1 aromatic rings. The minimum absolute atomic E-state index is 0.210. The Morgan fingerprint density at radius 1 is 1.58 bits per heavy atom. The van der Waals surface area contributed by atoms with Crippen molar-refractivity contribution in [2.45, 2.75) is 45.3 Å². The van der Waals surface area contributed by atoms with Gasteiger partial charge in [-0.2, -0.15) is 5.10 Å². The van der Waals surface area contributed by atoms with Gasteiger partial charge in [0.25, 0.3) is 5.56 Å². The van der Waals surface area contributed by atoms with Crippen molar-refractivity contribution >= 4 is 17.3 Å². The number of nitrogens with zero attached hydrogens (tertiary/aromatic N) is 2. The SMILES string of the molecule is CCn1ncc(NCCC2CCCCO2)c(Cl)c1=O. The van der Waals surface area contributed by atoms with Crippen molar-refractivity contribution < 1.29 is 4.74 Å². The van der Waals surface area contributed by atoms with Gasteiger partial charge in [0.1, 0.15) is 5.02 Å². The van der Waals surface area contributed by atoms with Gasteiger partial charge < -0.3 is 10.1 Å². The van der Waals surface area contributed by atoms with Crippen LogP contribution >= 0.6 is 11.6 Å². The second kappa shape index (κ2) is 6.91. The van der Waals surface area contributed by atoms with Crippen LogP contribution in [0.15, 0.2) is 11.0 Å². The first-order valence-electron chi connectivity index (χ1n) is 6.83. The Morgan fingerprint density at radius 3 is 3.11 bits per heavy atom. The van der Waals surface area contributed by atoms with E-state index in [-0.39, 0.29) is 10.6 Å². The first-order chi connectivity index (χ1) is 9.22. The van der Waals surface area contributed by atoms with Crippen molar-refractivity contribution in [3.63, 3.8) is 0 Å². The van der Waals surface area contributed by atoms with Crippen LogP contribution in [-0.4, -0.2) is 29.0 Å². The van der Waals surface area contributed by atoms with Crippen LogP contribution in [0.3, 0.4) is 0 Å². The Labute approximate surface area is 117 Å². The monoisotopic (exact) mass is 285 g/mol. The largest absolute Gasteiger partial charge is 0.382 e. The number of ether oxygens (including phenoxy) is 1. The van der Waals surface area contributed by atoms with Crippen LogP contribution in [0.4, 0.5) is 5.69 Å². The molecule has 0 amide bonds. The third kappa shape index (κ3) is 3.70. The molecular weight excluding hydrogens is 266 g/mol. The highest BCUT2D eigenvalue weighted by Crippen LogP contribution is 2.18. The molecule has 1 aromatic heterocycles. The molecule has 2 rings (SSSR count). The Morgan fingerprint density at radius 2 is 2.42 bits per heavy atom. The molecule has 1 aliphatic rings. The fourth-order valence-electron chi connectivity index (χ4n) is 2.22. The molecule has 0 radical (unpaired) electrons. The van der Waals surface area contributed by atoms with Gasteiger partial charge in [-0.05, 0) is 32.6 Å². The molecule has 5 nitrogen and oxygen atoms in total. The molecule has 6 heteroatoms. The molecule has 1 atom stereocenters. The van der Waals surface area contributed by atoms with E-state index in [0.29, 0.717) is 18.3 Å². The summed E-state index contributed by atoms with van der Waals surface area (Å²) < 4.78 is 7.00. The third-order valence-electron chi connectivity index (χ3n) is 3.34. The number of rotatable bonds is 5. The smallest absolute Gasteiger partial charge is 0.287 e. The van der Waals surface area contributed by atoms with E-state index in [1.54, 1.807) is 6.20 Å². The summed E-state index contributed by atoms with van der Waals surface area (Å²) >= 11 is 6.03. The lowest BCUT2D eigenvalue weighted by atomic mass is 10.1. The van der Waals surface area contributed by atoms with Gasteiger partial charge in [-0.15, -0.1) is 0 Å². The summed E-state index contributed by atoms with van der Waals surface area (Å²) in [5.74, 6) is 0. The standard InChI is InChI=1S/C13H20ClN3O2/c1-2-17-13(18)12(14)11(9-16-17)15-7-6-10-5-3-4-8-19-10/h9-10,15H,2-8H2,1H3. The molecule has 2 heterocycles. The van der Waals surface area contributed by atoms with Crippen molar-refractivity contribution in [2.24, 2.45) is 0 Å². The molecule has 19 heavy (non-hydrogen) atoms. The maximum atomic E-state index is 11.8. The maximum Gasteiger partial charge on any atom is 0.287 e. The molecule has 1 fully saturated rings. The van der Waals surface area contributed by atoms with Gasteiger partial charge in [-0.1, -0.05) is 11.6 Å². The van der Waals surface area contributed by atoms with E-state index in [4.69, 9.17) is 16.3 Å². The van der Waals surface area contributed by atoms with E-state index < -0.39 is 0 Å². The molecular formula is C13H20ClN3O2. The zero-order valence-electron chi connectivity index (χ0n) is 11.2. The van der Waals surface area contributed by atoms with E-state index in [1.807, 2.05) is 6.92 Å². The third-order valence-corrected chi connectivity index (χ3v) is 3.71. The van der Waals surface area contributed by atoms with Crippen LogP contribution in [-0.2, 0) is 11.3 Å². The van der Waals surface area contributed by atoms with Crippen LogP contribution in [0.5, 0.6) is 0 Å². The van der Waals surface area contributed by atoms with Crippen LogP contribution in [0.25, 0.3) is 0 Å². The lowest BCUT2D eigenvalue weighted by Gasteiger charge is -2.22. The predicted octanol–water partition coefficient (Wildman–Crippen LogP) is 2.29. The van der Waals surface area contributed by atoms with E-state index >= 15 is 0 Å². The summed E-state index contributed by atoms with van der Waals surface area (Å²) in [7, 11) is 0. The van der Waals surface area contributed by atoms with Crippen molar-refractivity contribution in [3.05, 3.63) is 21.6 Å². The average molecular weight is 286 g/mol. The molecule has 106 valence electrons. The van der Waals surface area contributed by atoms with Crippen molar-refractivity contribution in [2.75, 3.05) is 18.5 Å². The molecule has 0 saturated carbocycles. The minimum Gasteiger partial charge on any atom is -0.382 e. The first-order valence-corrected chi connectivity index (χ1v) is 7.21. The molecule has 0 aliphatic carbocycles. The molecule has 0 spiro atoms. The first kappa shape index (κ1) is 14.3. The minimum atomic E-state index is -0.247. The second-order valence-electron chi connectivity index (χ2n) is 4.70. The highest BCUT2D eigenvalue weighted by atomic mass is 35.5. The number of aromatic nitrogens is 2. The van der Waals surface area contributed by atoms with Gasteiger partial charge in [0, 0.05) is 19.7 Å². The van der Waals surface area contributed by atoms with Crippen molar-refractivity contribution in [1.82, 2.24) is 9.78 Å². The maximum absolute atomic E-state index is 11.8. The molecule has 1 N–H and O–H groups in total. The molecule has 1 aliphatic heterocycles. The molecule has 1 unspecified atom stereocenters. The van der Waals surface area contributed by atoms with Gasteiger partial charge in [-0.25, -0.2) is 4.68 Å². The fourth-order valence-corrected chi connectivity index (χ4v) is 2.43. The lowest BCUT2D eigenvalue weighted by Crippen LogP contribution is -2.25. The number of hydrogen-bond donors (Lipinski definition) is 1. The zero-order valence-corrected chi connectivity index (χ0v) is 11.9. The normalized spacial score (nSPS) is 19.4. The van der Waals surface area contributed by atoms with Crippen LogP contribution in [0.2, 0.25) is 5.02 Å². The topological polar surface area (TPSA) is 56.1 Å². The van der Waals surface area contributed by atoms with Gasteiger partial charge in [0.2, 0.25) is 0 Å². The van der Waals surface area contributed by atoms with Crippen LogP contribution in [0, 0.1) is 0 Å².